The number of carboxylic acid groups (broad SMARTS) is 1. The molecule has 3 N–H and O–H groups in total. The van der Waals surface area contributed by atoms with Gasteiger partial charge < -0.3 is 15.7 Å². The van der Waals surface area contributed by atoms with Crippen molar-refractivity contribution < 1.29 is 14.7 Å². The van der Waals surface area contributed by atoms with Gasteiger partial charge in [-0.1, -0.05) is 20.8 Å². The summed E-state index contributed by atoms with van der Waals surface area (Å²) in [5.41, 5.74) is 1.41. The Morgan fingerprint density at radius 2 is 2.07 bits per heavy atom. The zero-order valence-corrected chi connectivity index (χ0v) is 15.8. The third kappa shape index (κ3) is 4.36. The van der Waals surface area contributed by atoms with Crippen LogP contribution in [0.15, 0.2) is 18.3 Å². The Morgan fingerprint density at radius 1 is 1.33 bits per heavy atom. The third-order valence-corrected chi connectivity index (χ3v) is 4.91. The van der Waals surface area contributed by atoms with Gasteiger partial charge in [-0.05, 0) is 31.5 Å². The van der Waals surface area contributed by atoms with Gasteiger partial charge in [0, 0.05) is 24.2 Å². The van der Waals surface area contributed by atoms with Gasteiger partial charge in [0.25, 0.3) is 0 Å². The van der Waals surface area contributed by atoms with Gasteiger partial charge in [-0.3, -0.25) is 14.1 Å². The summed E-state index contributed by atoms with van der Waals surface area (Å²) in [5.74, 6) is 0.244. The molecule has 0 radical (unpaired) electrons. The Hall–Kier alpha value is -2.68. The van der Waals surface area contributed by atoms with Gasteiger partial charge in [0.2, 0.25) is 0 Å². The fourth-order valence-corrected chi connectivity index (χ4v) is 3.41. The SMILES string of the molecule is CCN(CC(=O)O)C1CC(NC(=O)Nc2ccc3nnc(C(C)C)n3c2)C1. The van der Waals surface area contributed by atoms with Crippen LogP contribution < -0.4 is 10.6 Å². The summed E-state index contributed by atoms with van der Waals surface area (Å²) in [6.45, 7) is 6.76. The molecule has 9 heteroatoms. The van der Waals surface area contributed by atoms with Gasteiger partial charge >= 0.3 is 12.0 Å². The summed E-state index contributed by atoms with van der Waals surface area (Å²) in [5, 5.41) is 23.0. The lowest BCUT2D eigenvalue weighted by atomic mass is 9.85. The second-order valence-corrected chi connectivity index (χ2v) is 7.24. The fraction of sp³-hybridized carbons (Fsp3) is 0.556. The van der Waals surface area contributed by atoms with Crippen molar-refractivity contribution in [3.63, 3.8) is 0 Å². The maximum Gasteiger partial charge on any atom is 0.319 e. The highest BCUT2D eigenvalue weighted by Gasteiger charge is 2.34. The predicted molar refractivity (Wildman–Crippen MR) is 101 cm³/mol. The number of fused-ring (bicyclic) bond motifs is 1. The molecule has 0 aromatic carbocycles. The van der Waals surface area contributed by atoms with Crippen molar-refractivity contribution >= 4 is 23.3 Å². The average molecular weight is 374 g/mol. The number of likely N-dealkylation sites (N-methyl/N-ethyl adjacent to an activating group) is 1. The van der Waals surface area contributed by atoms with Gasteiger partial charge in [0.05, 0.1) is 12.2 Å². The summed E-state index contributed by atoms with van der Waals surface area (Å²) < 4.78 is 1.88. The molecule has 1 aliphatic rings. The minimum atomic E-state index is -0.823. The van der Waals surface area contributed by atoms with E-state index >= 15 is 0 Å². The monoisotopic (exact) mass is 374 g/mol. The maximum atomic E-state index is 12.3. The molecular formula is C18H26N6O3. The molecule has 2 aromatic heterocycles. The van der Waals surface area contributed by atoms with E-state index < -0.39 is 5.97 Å². The van der Waals surface area contributed by atoms with E-state index in [2.05, 4.69) is 20.8 Å². The van der Waals surface area contributed by atoms with E-state index in [9.17, 15) is 9.59 Å². The number of carboxylic acids is 1. The number of rotatable bonds is 7. The van der Waals surface area contributed by atoms with Gasteiger partial charge in [0.15, 0.2) is 5.65 Å². The summed E-state index contributed by atoms with van der Waals surface area (Å²) in [6.07, 6.45) is 3.34. The molecule has 0 bridgehead atoms. The number of urea groups is 1. The lowest BCUT2D eigenvalue weighted by Crippen LogP contribution is -2.55. The van der Waals surface area contributed by atoms with Crippen molar-refractivity contribution in [1.82, 2.24) is 24.8 Å². The van der Waals surface area contributed by atoms with Crippen LogP contribution in [0, 0.1) is 0 Å². The Kier molecular flexibility index (Phi) is 5.59. The molecular weight excluding hydrogens is 348 g/mol. The van der Waals surface area contributed by atoms with Crippen LogP contribution in [0.5, 0.6) is 0 Å². The van der Waals surface area contributed by atoms with E-state index in [0.29, 0.717) is 12.2 Å². The summed E-state index contributed by atoms with van der Waals surface area (Å²) in [6, 6.07) is 3.61. The topological polar surface area (TPSA) is 112 Å². The van der Waals surface area contributed by atoms with Crippen LogP contribution in [0.4, 0.5) is 10.5 Å². The molecule has 0 atom stereocenters. The van der Waals surface area contributed by atoms with Crippen LogP contribution >= 0.6 is 0 Å². The molecule has 1 aliphatic carbocycles. The molecule has 9 nitrogen and oxygen atoms in total. The van der Waals surface area contributed by atoms with Crippen molar-refractivity contribution in [3.05, 3.63) is 24.2 Å². The largest absolute Gasteiger partial charge is 0.480 e. The average Bonchev–Trinajstić information content (AvgIpc) is 2.99. The molecule has 2 amide bonds. The minimum Gasteiger partial charge on any atom is -0.480 e. The standard InChI is InChI=1S/C18H26N6O3/c1-4-23(10-16(25)26)14-7-13(8-14)20-18(27)19-12-5-6-15-21-22-17(11(2)3)24(15)9-12/h5-6,9,11,13-14H,4,7-8,10H2,1-3H3,(H,25,26)(H2,19,20,27). The number of nitrogens with zero attached hydrogens (tertiary/aromatic N) is 4. The Balaban J connectivity index is 1.54. The van der Waals surface area contributed by atoms with Crippen LogP contribution in [0.2, 0.25) is 0 Å². The van der Waals surface area contributed by atoms with Crippen LogP contribution in [-0.4, -0.2) is 61.8 Å². The van der Waals surface area contributed by atoms with Crippen LogP contribution in [0.1, 0.15) is 45.4 Å². The first-order valence-corrected chi connectivity index (χ1v) is 9.25. The van der Waals surface area contributed by atoms with Crippen LogP contribution in [0.3, 0.4) is 0 Å². The van der Waals surface area contributed by atoms with Crippen LogP contribution in [-0.2, 0) is 4.79 Å². The number of aromatic nitrogens is 3. The lowest BCUT2D eigenvalue weighted by molar-refractivity contribution is -0.139. The van der Waals surface area contributed by atoms with E-state index in [1.54, 1.807) is 6.07 Å². The molecule has 1 fully saturated rings. The highest BCUT2D eigenvalue weighted by atomic mass is 16.4. The number of nitrogens with one attached hydrogen (secondary N) is 2. The van der Waals surface area contributed by atoms with Gasteiger partial charge in [0.1, 0.15) is 5.82 Å². The first-order chi connectivity index (χ1) is 12.9. The second kappa shape index (κ2) is 7.91. The Morgan fingerprint density at radius 3 is 2.70 bits per heavy atom. The fourth-order valence-electron chi connectivity index (χ4n) is 3.41. The zero-order valence-electron chi connectivity index (χ0n) is 15.8. The van der Waals surface area contributed by atoms with E-state index in [1.807, 2.05) is 42.3 Å². The first-order valence-electron chi connectivity index (χ1n) is 9.25. The summed E-state index contributed by atoms with van der Waals surface area (Å²) in [4.78, 5) is 25.1. The third-order valence-electron chi connectivity index (χ3n) is 4.91. The van der Waals surface area contributed by atoms with E-state index in [0.717, 1.165) is 24.3 Å². The smallest absolute Gasteiger partial charge is 0.319 e. The number of pyridine rings is 1. The Labute approximate surface area is 157 Å². The van der Waals surface area contributed by atoms with Gasteiger partial charge in [-0.2, -0.15) is 0 Å². The molecule has 2 aromatic rings. The molecule has 3 rings (SSSR count). The van der Waals surface area contributed by atoms with E-state index in [1.165, 1.54) is 0 Å². The van der Waals surface area contributed by atoms with Gasteiger partial charge in [-0.25, -0.2) is 4.79 Å². The number of aliphatic carboxylic acids is 1. The van der Waals surface area contributed by atoms with Crippen molar-refractivity contribution in [2.24, 2.45) is 0 Å². The van der Waals surface area contributed by atoms with Gasteiger partial charge in [-0.15, -0.1) is 10.2 Å². The second-order valence-electron chi connectivity index (χ2n) is 7.24. The molecule has 0 unspecified atom stereocenters. The molecule has 2 heterocycles. The predicted octanol–water partition coefficient (Wildman–Crippen LogP) is 1.91. The van der Waals surface area contributed by atoms with E-state index in [4.69, 9.17) is 5.11 Å². The lowest BCUT2D eigenvalue weighted by Gasteiger charge is -2.42. The maximum absolute atomic E-state index is 12.3. The number of carbonyl (C=O) groups excluding carboxylic acids is 1. The molecule has 1 saturated carbocycles. The number of hydrogen-bond donors (Lipinski definition) is 3. The molecule has 0 aliphatic heterocycles. The van der Waals surface area contributed by atoms with Crippen LogP contribution in [0.25, 0.3) is 5.65 Å². The molecule has 0 saturated heterocycles. The molecule has 27 heavy (non-hydrogen) atoms. The normalized spacial score (nSPS) is 19.3. The molecule has 146 valence electrons. The number of hydrogen-bond acceptors (Lipinski definition) is 5. The quantitative estimate of drug-likeness (QED) is 0.683. The van der Waals surface area contributed by atoms with Crippen molar-refractivity contribution in [1.29, 1.82) is 0 Å². The highest BCUT2D eigenvalue weighted by molar-refractivity contribution is 5.89. The number of amides is 2. The summed E-state index contributed by atoms with van der Waals surface area (Å²) in [7, 11) is 0. The number of anilines is 1. The molecule has 0 spiro atoms. The van der Waals surface area contributed by atoms with Crippen molar-refractivity contribution in [3.8, 4) is 0 Å². The highest BCUT2D eigenvalue weighted by Crippen LogP contribution is 2.25. The first kappa shape index (κ1) is 19.1. The number of carbonyl (C=O) groups is 2. The zero-order chi connectivity index (χ0) is 19.6. The van der Waals surface area contributed by atoms with Crippen molar-refractivity contribution in [2.75, 3.05) is 18.4 Å². The van der Waals surface area contributed by atoms with Crippen molar-refractivity contribution in [2.45, 2.75) is 51.6 Å². The Bertz CT molecular complexity index is 828. The van der Waals surface area contributed by atoms with E-state index in [-0.39, 0.29) is 30.6 Å². The minimum absolute atomic E-state index is 0.0389. The summed E-state index contributed by atoms with van der Waals surface area (Å²) >= 11 is 0.